The molecule has 0 aliphatic heterocycles. The molecule has 0 fully saturated rings. The molecule has 2 atom stereocenters. The van der Waals surface area contributed by atoms with Gasteiger partial charge in [0.2, 0.25) is 0 Å². The van der Waals surface area contributed by atoms with Crippen LogP contribution in [0.1, 0.15) is 29.7 Å². The molecule has 2 rings (SSSR count). The van der Waals surface area contributed by atoms with Crippen molar-refractivity contribution in [2.24, 2.45) is 5.73 Å². The van der Waals surface area contributed by atoms with Crippen molar-refractivity contribution < 1.29 is 18.3 Å². The zero-order chi connectivity index (χ0) is 16.3. The van der Waals surface area contributed by atoms with Crippen LogP contribution in [0.4, 0.5) is 13.2 Å². The van der Waals surface area contributed by atoms with E-state index < -0.39 is 23.9 Å². The Morgan fingerprint density at radius 2 is 1.77 bits per heavy atom. The van der Waals surface area contributed by atoms with Crippen LogP contribution in [0.25, 0.3) is 0 Å². The molecule has 22 heavy (non-hydrogen) atoms. The predicted octanol–water partition coefficient (Wildman–Crippen LogP) is 3.54. The monoisotopic (exact) mass is 309 g/mol. The van der Waals surface area contributed by atoms with E-state index in [2.05, 4.69) is 0 Å². The van der Waals surface area contributed by atoms with Crippen LogP contribution >= 0.6 is 0 Å². The summed E-state index contributed by atoms with van der Waals surface area (Å²) < 4.78 is 39.5. The largest absolute Gasteiger partial charge is 0.387 e. The van der Waals surface area contributed by atoms with Crippen molar-refractivity contribution >= 4 is 0 Å². The molecule has 0 amide bonds. The van der Waals surface area contributed by atoms with Gasteiger partial charge in [-0.25, -0.2) is 13.2 Å². The van der Waals surface area contributed by atoms with Gasteiger partial charge in [0.1, 0.15) is 5.82 Å². The molecule has 0 saturated carbocycles. The van der Waals surface area contributed by atoms with Gasteiger partial charge in [-0.2, -0.15) is 0 Å². The number of hydrogen-bond acceptors (Lipinski definition) is 2. The average Bonchev–Trinajstić information content (AvgIpc) is 2.46. The highest BCUT2D eigenvalue weighted by Crippen LogP contribution is 2.28. The second kappa shape index (κ2) is 6.50. The van der Waals surface area contributed by atoms with Gasteiger partial charge in [-0.1, -0.05) is 30.3 Å². The SMILES string of the molecule is CC(F)(F)c1cccc(CC(N)C(O)c2ccc(F)cc2)c1. The molecular formula is C17H18F3NO. The van der Waals surface area contributed by atoms with E-state index in [0.717, 1.165) is 6.92 Å². The van der Waals surface area contributed by atoms with Gasteiger partial charge in [0.15, 0.2) is 0 Å². The van der Waals surface area contributed by atoms with Crippen LogP contribution in [0, 0.1) is 5.82 Å². The van der Waals surface area contributed by atoms with Crippen molar-refractivity contribution in [3.63, 3.8) is 0 Å². The lowest BCUT2D eigenvalue weighted by Gasteiger charge is -2.20. The first kappa shape index (κ1) is 16.5. The Morgan fingerprint density at radius 1 is 1.14 bits per heavy atom. The van der Waals surface area contributed by atoms with Gasteiger partial charge in [0.25, 0.3) is 5.92 Å². The molecule has 0 saturated heterocycles. The van der Waals surface area contributed by atoms with Gasteiger partial charge in [0.05, 0.1) is 6.10 Å². The van der Waals surface area contributed by atoms with Crippen LogP contribution in [0.3, 0.4) is 0 Å². The first-order valence-electron chi connectivity index (χ1n) is 6.94. The molecule has 118 valence electrons. The minimum atomic E-state index is -2.92. The zero-order valence-corrected chi connectivity index (χ0v) is 12.1. The topological polar surface area (TPSA) is 46.2 Å². The molecule has 0 aliphatic carbocycles. The van der Waals surface area contributed by atoms with Crippen LogP contribution in [0.2, 0.25) is 0 Å². The van der Waals surface area contributed by atoms with Crippen molar-refractivity contribution in [2.75, 3.05) is 0 Å². The summed E-state index contributed by atoms with van der Waals surface area (Å²) in [6.45, 7) is 0.833. The number of aliphatic hydroxyl groups excluding tert-OH is 1. The lowest BCUT2D eigenvalue weighted by molar-refractivity contribution is 0.0174. The molecule has 2 aromatic carbocycles. The molecule has 0 bridgehead atoms. The van der Waals surface area contributed by atoms with E-state index in [0.29, 0.717) is 11.1 Å². The molecule has 0 aromatic heterocycles. The maximum atomic E-state index is 13.3. The second-order valence-electron chi connectivity index (χ2n) is 5.45. The quantitative estimate of drug-likeness (QED) is 0.887. The Morgan fingerprint density at radius 3 is 2.36 bits per heavy atom. The molecule has 2 aromatic rings. The van der Waals surface area contributed by atoms with Crippen LogP contribution in [-0.4, -0.2) is 11.1 Å². The fourth-order valence-electron chi connectivity index (χ4n) is 2.26. The Hall–Kier alpha value is -1.85. The van der Waals surface area contributed by atoms with Crippen LogP contribution in [0.15, 0.2) is 48.5 Å². The van der Waals surface area contributed by atoms with Crippen LogP contribution in [-0.2, 0) is 12.3 Å². The summed E-state index contributed by atoms with van der Waals surface area (Å²) >= 11 is 0. The maximum absolute atomic E-state index is 13.3. The van der Waals surface area contributed by atoms with Crippen molar-refractivity contribution in [1.82, 2.24) is 0 Å². The number of nitrogens with two attached hydrogens (primary N) is 1. The number of halogens is 3. The maximum Gasteiger partial charge on any atom is 0.270 e. The van der Waals surface area contributed by atoms with Crippen molar-refractivity contribution in [3.8, 4) is 0 Å². The molecule has 2 nitrogen and oxygen atoms in total. The van der Waals surface area contributed by atoms with Gasteiger partial charge in [-0.3, -0.25) is 0 Å². The number of aliphatic hydroxyl groups is 1. The fraction of sp³-hybridized carbons (Fsp3) is 0.294. The first-order chi connectivity index (χ1) is 10.3. The van der Waals surface area contributed by atoms with Crippen LogP contribution in [0.5, 0.6) is 0 Å². The summed E-state index contributed by atoms with van der Waals surface area (Å²) in [5.74, 6) is -3.32. The fourth-order valence-corrected chi connectivity index (χ4v) is 2.26. The van der Waals surface area contributed by atoms with E-state index in [1.54, 1.807) is 12.1 Å². The molecule has 5 heteroatoms. The smallest absolute Gasteiger partial charge is 0.270 e. The summed E-state index contributed by atoms with van der Waals surface area (Å²) in [6.07, 6.45) is -0.756. The van der Waals surface area contributed by atoms with Gasteiger partial charge in [-0.15, -0.1) is 0 Å². The Kier molecular flexibility index (Phi) is 4.88. The standard InChI is InChI=1S/C17H18F3NO/c1-17(19,20)13-4-2-3-11(9-13)10-15(21)16(22)12-5-7-14(18)8-6-12/h2-9,15-16,22H,10,21H2,1H3. The summed E-state index contributed by atoms with van der Waals surface area (Å²) in [7, 11) is 0. The normalized spacial score (nSPS) is 14.6. The van der Waals surface area contributed by atoms with E-state index in [-0.39, 0.29) is 12.0 Å². The number of alkyl halides is 2. The van der Waals surface area contributed by atoms with E-state index in [9.17, 15) is 18.3 Å². The third-order valence-electron chi connectivity index (χ3n) is 3.52. The van der Waals surface area contributed by atoms with Crippen molar-refractivity contribution in [1.29, 1.82) is 0 Å². The van der Waals surface area contributed by atoms with E-state index >= 15 is 0 Å². The molecule has 0 aliphatic rings. The molecule has 0 heterocycles. The lowest BCUT2D eigenvalue weighted by atomic mass is 9.95. The predicted molar refractivity (Wildman–Crippen MR) is 79.0 cm³/mol. The third kappa shape index (κ3) is 4.08. The van der Waals surface area contributed by atoms with Crippen molar-refractivity contribution in [2.45, 2.75) is 31.4 Å². The van der Waals surface area contributed by atoms with Gasteiger partial charge >= 0.3 is 0 Å². The second-order valence-corrected chi connectivity index (χ2v) is 5.45. The summed E-state index contributed by atoms with van der Waals surface area (Å²) in [4.78, 5) is 0. The summed E-state index contributed by atoms with van der Waals surface area (Å²) in [6, 6.07) is 10.7. The number of rotatable bonds is 5. The lowest BCUT2D eigenvalue weighted by Crippen LogP contribution is -2.30. The third-order valence-corrected chi connectivity index (χ3v) is 3.52. The van der Waals surface area contributed by atoms with Gasteiger partial charge in [-0.05, 0) is 35.7 Å². The number of hydrogen-bond donors (Lipinski definition) is 2. The minimum Gasteiger partial charge on any atom is -0.387 e. The molecule has 0 radical (unpaired) electrons. The van der Waals surface area contributed by atoms with Gasteiger partial charge in [0, 0.05) is 18.5 Å². The molecule has 0 spiro atoms. The Labute approximate surface area is 127 Å². The highest BCUT2D eigenvalue weighted by molar-refractivity contribution is 5.28. The van der Waals surface area contributed by atoms with Crippen LogP contribution < -0.4 is 5.73 Å². The highest BCUT2D eigenvalue weighted by atomic mass is 19.3. The Balaban J connectivity index is 2.11. The van der Waals surface area contributed by atoms with Crippen molar-refractivity contribution in [3.05, 3.63) is 71.0 Å². The Bertz CT molecular complexity index is 623. The minimum absolute atomic E-state index is 0.0894. The summed E-state index contributed by atoms with van der Waals surface area (Å²) in [5.41, 5.74) is 6.97. The number of benzene rings is 2. The zero-order valence-electron chi connectivity index (χ0n) is 12.1. The first-order valence-corrected chi connectivity index (χ1v) is 6.94. The highest BCUT2D eigenvalue weighted by Gasteiger charge is 2.25. The average molecular weight is 309 g/mol. The van der Waals surface area contributed by atoms with Gasteiger partial charge < -0.3 is 10.8 Å². The van der Waals surface area contributed by atoms with E-state index in [1.165, 1.54) is 36.4 Å². The summed E-state index contributed by atoms with van der Waals surface area (Å²) in [5, 5.41) is 10.2. The molecular weight excluding hydrogens is 291 g/mol. The van der Waals surface area contributed by atoms with E-state index in [4.69, 9.17) is 5.73 Å². The molecule has 2 unspecified atom stereocenters. The molecule has 3 N–H and O–H groups in total. The van der Waals surface area contributed by atoms with E-state index in [1.807, 2.05) is 0 Å².